The Kier molecular flexibility index (Phi) is 4.42. The van der Waals surface area contributed by atoms with Gasteiger partial charge in [0.25, 0.3) is 0 Å². The minimum atomic E-state index is -0.941. The van der Waals surface area contributed by atoms with E-state index in [2.05, 4.69) is 9.88 Å². The van der Waals surface area contributed by atoms with Gasteiger partial charge in [-0.1, -0.05) is 6.07 Å². The lowest BCUT2D eigenvalue weighted by molar-refractivity contribution is -0.131. The molecule has 0 radical (unpaired) electrons. The molecule has 0 aliphatic carbocycles. The number of aryl methyl sites for hydroxylation is 2. The number of rotatable bonds is 5. The summed E-state index contributed by atoms with van der Waals surface area (Å²) in [6.07, 6.45) is 6.45. The Bertz CT molecular complexity index is 674. The van der Waals surface area contributed by atoms with Crippen LogP contribution in [-0.2, 0) is 18.4 Å². The van der Waals surface area contributed by atoms with Crippen LogP contribution < -0.4 is 4.90 Å². The second-order valence-corrected chi connectivity index (χ2v) is 5.03. The van der Waals surface area contributed by atoms with E-state index in [0.29, 0.717) is 6.54 Å². The normalized spacial score (nSPS) is 11.0. The topological polar surface area (TPSA) is 58.4 Å². The molecule has 0 fully saturated rings. The van der Waals surface area contributed by atoms with E-state index in [1.807, 2.05) is 50.0 Å². The molecule has 0 saturated carbocycles. The predicted molar refractivity (Wildman–Crippen MR) is 83.2 cm³/mol. The Hall–Kier alpha value is -2.56. The number of imidazole rings is 1. The third-order valence-electron chi connectivity index (χ3n) is 3.35. The van der Waals surface area contributed by atoms with Crippen LogP contribution in [0.25, 0.3) is 6.08 Å². The largest absolute Gasteiger partial charge is 0.478 e. The molecule has 0 aliphatic heterocycles. The van der Waals surface area contributed by atoms with E-state index >= 15 is 0 Å². The lowest BCUT2D eigenvalue weighted by Gasteiger charge is -2.21. The minimum Gasteiger partial charge on any atom is -0.478 e. The standard InChI is InChI=1S/C16H19N3O2/c1-12-10-13(5-7-16(20)21)4-6-14(12)19(3)11-15-17-8-9-18(15)2/h4-10H,11H2,1-3H3,(H,20,21). The molecule has 5 heteroatoms. The second-order valence-electron chi connectivity index (χ2n) is 5.03. The highest BCUT2D eigenvalue weighted by Crippen LogP contribution is 2.22. The van der Waals surface area contributed by atoms with Crippen LogP contribution in [0.3, 0.4) is 0 Å². The number of carboxylic acid groups (broad SMARTS) is 1. The molecule has 1 heterocycles. The molecular formula is C16H19N3O2. The molecule has 2 rings (SSSR count). The predicted octanol–water partition coefficient (Wildman–Crippen LogP) is 2.46. The van der Waals surface area contributed by atoms with Crippen molar-refractivity contribution in [3.05, 3.63) is 53.6 Å². The Labute approximate surface area is 124 Å². The molecule has 0 atom stereocenters. The summed E-state index contributed by atoms with van der Waals surface area (Å²) in [4.78, 5) is 17.0. The van der Waals surface area contributed by atoms with Crippen molar-refractivity contribution < 1.29 is 9.90 Å². The maximum Gasteiger partial charge on any atom is 0.328 e. The number of carboxylic acids is 1. The first-order valence-corrected chi connectivity index (χ1v) is 6.66. The molecule has 0 bridgehead atoms. The molecule has 21 heavy (non-hydrogen) atoms. The van der Waals surface area contributed by atoms with E-state index in [1.54, 1.807) is 12.3 Å². The van der Waals surface area contributed by atoms with Gasteiger partial charge in [0.1, 0.15) is 5.82 Å². The van der Waals surface area contributed by atoms with Gasteiger partial charge in [0.15, 0.2) is 0 Å². The third kappa shape index (κ3) is 3.72. The summed E-state index contributed by atoms with van der Waals surface area (Å²) in [5, 5.41) is 8.65. The Morgan fingerprint density at radius 1 is 1.48 bits per heavy atom. The minimum absolute atomic E-state index is 0.717. The van der Waals surface area contributed by atoms with Crippen molar-refractivity contribution in [3.63, 3.8) is 0 Å². The summed E-state index contributed by atoms with van der Waals surface area (Å²) in [5.41, 5.74) is 3.08. The maximum atomic E-state index is 10.5. The lowest BCUT2D eigenvalue weighted by atomic mass is 10.1. The monoisotopic (exact) mass is 285 g/mol. The number of anilines is 1. The molecule has 110 valence electrons. The van der Waals surface area contributed by atoms with Gasteiger partial charge < -0.3 is 14.6 Å². The van der Waals surface area contributed by atoms with E-state index in [9.17, 15) is 4.79 Å². The summed E-state index contributed by atoms with van der Waals surface area (Å²) in [7, 11) is 3.99. The molecule has 0 amide bonds. The van der Waals surface area contributed by atoms with Crippen LogP contribution in [-0.4, -0.2) is 27.7 Å². The fourth-order valence-electron chi connectivity index (χ4n) is 2.22. The molecule has 5 nitrogen and oxygen atoms in total. The van der Waals surface area contributed by atoms with Crippen molar-refractivity contribution in [2.45, 2.75) is 13.5 Å². The fourth-order valence-corrected chi connectivity index (χ4v) is 2.22. The van der Waals surface area contributed by atoms with Crippen molar-refractivity contribution in [2.24, 2.45) is 7.05 Å². The molecule has 0 aliphatic rings. The molecule has 0 saturated heterocycles. The van der Waals surface area contributed by atoms with Gasteiger partial charge in [0, 0.05) is 38.3 Å². The van der Waals surface area contributed by atoms with Crippen molar-refractivity contribution in [1.82, 2.24) is 9.55 Å². The van der Waals surface area contributed by atoms with Crippen LogP contribution in [0, 0.1) is 6.92 Å². The molecule has 1 aromatic heterocycles. The zero-order valence-corrected chi connectivity index (χ0v) is 12.4. The SMILES string of the molecule is Cc1cc(C=CC(=O)O)ccc1N(C)Cc1nccn1C. The molecular weight excluding hydrogens is 266 g/mol. The number of hydrogen-bond acceptors (Lipinski definition) is 3. The number of aliphatic carboxylic acids is 1. The molecule has 0 unspecified atom stereocenters. The summed E-state index contributed by atoms with van der Waals surface area (Å²) < 4.78 is 2.00. The van der Waals surface area contributed by atoms with Crippen LogP contribution in [0.2, 0.25) is 0 Å². The highest BCUT2D eigenvalue weighted by molar-refractivity contribution is 5.85. The number of benzene rings is 1. The van der Waals surface area contributed by atoms with Crippen LogP contribution in [0.15, 0.2) is 36.7 Å². The average molecular weight is 285 g/mol. The molecule has 1 N–H and O–H groups in total. The smallest absolute Gasteiger partial charge is 0.328 e. The van der Waals surface area contributed by atoms with Gasteiger partial charge in [-0.2, -0.15) is 0 Å². The summed E-state index contributed by atoms with van der Waals surface area (Å²) in [6, 6.07) is 5.89. The molecule has 2 aromatic rings. The van der Waals surface area contributed by atoms with Gasteiger partial charge in [-0.15, -0.1) is 0 Å². The van der Waals surface area contributed by atoms with Crippen LogP contribution in [0.4, 0.5) is 5.69 Å². The highest BCUT2D eigenvalue weighted by atomic mass is 16.4. The van der Waals surface area contributed by atoms with Gasteiger partial charge >= 0.3 is 5.97 Å². The number of hydrogen-bond donors (Lipinski definition) is 1. The summed E-state index contributed by atoms with van der Waals surface area (Å²) >= 11 is 0. The average Bonchev–Trinajstić information content (AvgIpc) is 2.82. The zero-order valence-electron chi connectivity index (χ0n) is 12.4. The first-order chi connectivity index (χ1) is 9.97. The van der Waals surface area contributed by atoms with Gasteiger partial charge in [0.2, 0.25) is 0 Å². The van der Waals surface area contributed by atoms with Crippen molar-refractivity contribution in [3.8, 4) is 0 Å². The quantitative estimate of drug-likeness (QED) is 0.857. The van der Waals surface area contributed by atoms with Gasteiger partial charge in [-0.05, 0) is 36.3 Å². The van der Waals surface area contributed by atoms with Crippen molar-refractivity contribution in [2.75, 3.05) is 11.9 Å². The first kappa shape index (κ1) is 14.8. The van der Waals surface area contributed by atoms with Crippen molar-refractivity contribution in [1.29, 1.82) is 0 Å². The van der Waals surface area contributed by atoms with Crippen LogP contribution >= 0.6 is 0 Å². The van der Waals surface area contributed by atoms with Crippen LogP contribution in [0.5, 0.6) is 0 Å². The van der Waals surface area contributed by atoms with E-state index in [-0.39, 0.29) is 0 Å². The maximum absolute atomic E-state index is 10.5. The van der Waals surface area contributed by atoms with E-state index in [1.165, 1.54) is 0 Å². The second kappa shape index (κ2) is 6.26. The molecule has 1 aromatic carbocycles. The first-order valence-electron chi connectivity index (χ1n) is 6.66. The Morgan fingerprint density at radius 3 is 2.81 bits per heavy atom. The van der Waals surface area contributed by atoms with Crippen LogP contribution in [0.1, 0.15) is 17.0 Å². The lowest BCUT2D eigenvalue weighted by Crippen LogP contribution is -2.19. The zero-order chi connectivity index (χ0) is 15.4. The van der Waals surface area contributed by atoms with E-state index in [0.717, 1.165) is 28.7 Å². The number of aromatic nitrogens is 2. The van der Waals surface area contributed by atoms with E-state index in [4.69, 9.17) is 5.11 Å². The van der Waals surface area contributed by atoms with Crippen molar-refractivity contribution >= 4 is 17.7 Å². The Morgan fingerprint density at radius 2 is 2.24 bits per heavy atom. The van der Waals surface area contributed by atoms with Gasteiger partial charge in [-0.3, -0.25) is 0 Å². The third-order valence-corrected chi connectivity index (χ3v) is 3.35. The number of carbonyl (C=O) groups is 1. The summed E-state index contributed by atoms with van der Waals surface area (Å²) in [5.74, 6) is 0.0513. The highest BCUT2D eigenvalue weighted by Gasteiger charge is 2.08. The fraction of sp³-hybridized carbons (Fsp3) is 0.250. The van der Waals surface area contributed by atoms with E-state index < -0.39 is 5.97 Å². The summed E-state index contributed by atoms with van der Waals surface area (Å²) in [6.45, 7) is 2.73. The molecule has 0 spiro atoms. The van der Waals surface area contributed by atoms with Gasteiger partial charge in [0.05, 0.1) is 6.54 Å². The van der Waals surface area contributed by atoms with Gasteiger partial charge in [-0.25, -0.2) is 9.78 Å². The number of nitrogens with zero attached hydrogens (tertiary/aromatic N) is 3. The Balaban J connectivity index is 2.16.